The summed E-state index contributed by atoms with van der Waals surface area (Å²) in [6, 6.07) is 1.99. The maximum absolute atomic E-state index is 12.8. The third kappa shape index (κ3) is 2.31. The Morgan fingerprint density at radius 1 is 1.19 bits per heavy atom. The summed E-state index contributed by atoms with van der Waals surface area (Å²) in [5.74, 6) is 1.22. The number of amides is 1. The molecule has 3 aliphatic rings. The van der Waals surface area contributed by atoms with E-state index in [1.165, 1.54) is 0 Å². The van der Waals surface area contributed by atoms with Gasteiger partial charge in [-0.25, -0.2) is 9.50 Å². The summed E-state index contributed by atoms with van der Waals surface area (Å²) in [4.78, 5) is 19.5. The molecule has 0 aromatic carbocycles. The number of fused-ring (bicyclic) bond motifs is 6. The van der Waals surface area contributed by atoms with Crippen LogP contribution in [-0.2, 0) is 16.0 Å². The summed E-state index contributed by atoms with van der Waals surface area (Å²) in [6.07, 6.45) is 6.02. The number of hydrogen-bond donors (Lipinski definition) is 0. The molecule has 2 aromatic heterocycles. The van der Waals surface area contributed by atoms with Gasteiger partial charge in [-0.05, 0) is 32.8 Å². The zero-order chi connectivity index (χ0) is 18.0. The molecule has 0 N–H and O–H groups in total. The maximum Gasteiger partial charge on any atom is 0.222 e. The van der Waals surface area contributed by atoms with Crippen LogP contribution >= 0.6 is 0 Å². The molecule has 5 heterocycles. The molecule has 5 rings (SSSR count). The average molecular weight is 352 g/mol. The van der Waals surface area contributed by atoms with Gasteiger partial charge in [0.25, 0.3) is 0 Å². The van der Waals surface area contributed by atoms with Gasteiger partial charge in [-0.2, -0.15) is 5.10 Å². The second-order valence-electron chi connectivity index (χ2n) is 7.89. The van der Waals surface area contributed by atoms with Crippen molar-refractivity contribution in [3.05, 3.63) is 40.9 Å². The minimum Gasteiger partial charge on any atom is -0.366 e. The van der Waals surface area contributed by atoms with Gasteiger partial charge in [-0.3, -0.25) is 4.79 Å². The van der Waals surface area contributed by atoms with E-state index in [1.54, 1.807) is 0 Å². The summed E-state index contributed by atoms with van der Waals surface area (Å²) in [5.41, 5.74) is 5.06. The number of carbonyl (C=O) groups is 1. The zero-order valence-electron chi connectivity index (χ0n) is 15.5. The van der Waals surface area contributed by atoms with Gasteiger partial charge in [0.2, 0.25) is 5.91 Å². The number of nitrogens with zero attached hydrogens (tertiary/aromatic N) is 4. The summed E-state index contributed by atoms with van der Waals surface area (Å²) in [7, 11) is 0. The fraction of sp³-hybridized carbons (Fsp3) is 0.550. The molecule has 0 aliphatic carbocycles. The van der Waals surface area contributed by atoms with Crippen molar-refractivity contribution in [2.45, 2.75) is 45.8 Å². The van der Waals surface area contributed by atoms with Crippen LogP contribution in [0.1, 0.15) is 29.1 Å². The van der Waals surface area contributed by atoms with Crippen molar-refractivity contribution in [2.24, 2.45) is 11.8 Å². The molecule has 1 amide bonds. The monoisotopic (exact) mass is 352 g/mol. The Balaban J connectivity index is 1.29. The van der Waals surface area contributed by atoms with Gasteiger partial charge in [-0.1, -0.05) is 12.2 Å². The number of likely N-dealkylation sites (tertiary alicyclic amines) is 1. The van der Waals surface area contributed by atoms with Crippen molar-refractivity contribution in [3.63, 3.8) is 0 Å². The first-order valence-corrected chi connectivity index (χ1v) is 9.45. The number of ether oxygens (including phenoxy) is 1. The topological polar surface area (TPSA) is 59.7 Å². The van der Waals surface area contributed by atoms with E-state index in [4.69, 9.17) is 4.74 Å². The van der Waals surface area contributed by atoms with Crippen molar-refractivity contribution in [3.8, 4) is 0 Å². The van der Waals surface area contributed by atoms with E-state index >= 15 is 0 Å². The molecule has 0 radical (unpaired) electrons. The van der Waals surface area contributed by atoms with Gasteiger partial charge in [0.05, 0.1) is 17.9 Å². The summed E-state index contributed by atoms with van der Waals surface area (Å²) < 4.78 is 7.80. The third-order valence-electron chi connectivity index (χ3n) is 6.29. The number of hydrogen-bond acceptors (Lipinski definition) is 4. The zero-order valence-corrected chi connectivity index (χ0v) is 15.5. The van der Waals surface area contributed by atoms with Gasteiger partial charge in [0.1, 0.15) is 0 Å². The van der Waals surface area contributed by atoms with Crippen LogP contribution in [0.4, 0.5) is 0 Å². The number of aryl methyl sites for hydroxylation is 3. The molecule has 26 heavy (non-hydrogen) atoms. The van der Waals surface area contributed by atoms with Crippen LogP contribution in [0.3, 0.4) is 0 Å². The molecular formula is C20H24N4O2. The first kappa shape index (κ1) is 16.0. The Labute approximate surface area is 152 Å². The highest BCUT2D eigenvalue weighted by Crippen LogP contribution is 2.43. The molecule has 2 saturated heterocycles. The lowest BCUT2D eigenvalue weighted by Gasteiger charge is -2.19. The molecule has 0 spiro atoms. The third-order valence-corrected chi connectivity index (χ3v) is 6.29. The van der Waals surface area contributed by atoms with E-state index in [0.717, 1.165) is 41.4 Å². The Morgan fingerprint density at radius 3 is 2.58 bits per heavy atom. The number of carbonyl (C=O) groups excluding carboxylic acids is 1. The van der Waals surface area contributed by atoms with Crippen molar-refractivity contribution < 1.29 is 9.53 Å². The lowest BCUT2D eigenvalue weighted by Crippen LogP contribution is -2.31. The van der Waals surface area contributed by atoms with Crippen LogP contribution in [0.15, 0.2) is 18.2 Å². The van der Waals surface area contributed by atoms with Gasteiger partial charge < -0.3 is 9.64 Å². The highest BCUT2D eigenvalue weighted by Gasteiger charge is 2.51. The minimum atomic E-state index is 0.224. The molecule has 6 nitrogen and oxygen atoms in total. The van der Waals surface area contributed by atoms with Crippen LogP contribution in [0.2, 0.25) is 0 Å². The molecule has 0 saturated carbocycles. The molecule has 6 heteroatoms. The molecule has 2 bridgehead atoms. The molecular weight excluding hydrogens is 328 g/mol. The molecule has 4 atom stereocenters. The highest BCUT2D eigenvalue weighted by molar-refractivity contribution is 5.77. The molecule has 4 unspecified atom stereocenters. The predicted octanol–water partition coefficient (Wildman–Crippen LogP) is 2.00. The summed E-state index contributed by atoms with van der Waals surface area (Å²) >= 11 is 0. The second kappa shape index (κ2) is 5.64. The fourth-order valence-corrected chi connectivity index (χ4v) is 4.92. The number of rotatable bonds is 3. The average Bonchev–Trinajstić information content (AvgIpc) is 3.34. The van der Waals surface area contributed by atoms with Gasteiger partial charge >= 0.3 is 0 Å². The first-order valence-electron chi connectivity index (χ1n) is 9.45. The van der Waals surface area contributed by atoms with E-state index in [9.17, 15) is 4.79 Å². The molecule has 3 aliphatic heterocycles. The minimum absolute atomic E-state index is 0.224. The van der Waals surface area contributed by atoms with E-state index in [2.05, 4.69) is 29.2 Å². The van der Waals surface area contributed by atoms with Crippen molar-refractivity contribution in [1.29, 1.82) is 0 Å². The Bertz CT molecular complexity index is 912. The van der Waals surface area contributed by atoms with Crippen LogP contribution in [0.5, 0.6) is 0 Å². The lowest BCUT2D eigenvalue weighted by atomic mass is 9.86. The predicted molar refractivity (Wildman–Crippen MR) is 96.9 cm³/mol. The van der Waals surface area contributed by atoms with Gasteiger partial charge in [-0.15, -0.1) is 0 Å². The van der Waals surface area contributed by atoms with Crippen LogP contribution in [-0.4, -0.2) is 50.7 Å². The van der Waals surface area contributed by atoms with E-state index in [-0.39, 0.29) is 18.1 Å². The van der Waals surface area contributed by atoms with E-state index in [0.29, 0.717) is 24.7 Å². The number of aromatic nitrogens is 3. The van der Waals surface area contributed by atoms with Crippen molar-refractivity contribution in [2.75, 3.05) is 13.1 Å². The molecule has 2 fully saturated rings. The first-order chi connectivity index (χ1) is 12.5. The smallest absolute Gasteiger partial charge is 0.222 e. The quantitative estimate of drug-likeness (QED) is 0.793. The largest absolute Gasteiger partial charge is 0.366 e. The van der Waals surface area contributed by atoms with E-state index < -0.39 is 0 Å². The van der Waals surface area contributed by atoms with E-state index in [1.807, 2.05) is 29.3 Å². The highest BCUT2D eigenvalue weighted by atomic mass is 16.5. The summed E-state index contributed by atoms with van der Waals surface area (Å²) in [6.45, 7) is 7.73. The lowest BCUT2D eigenvalue weighted by molar-refractivity contribution is -0.130. The summed E-state index contributed by atoms with van der Waals surface area (Å²) in [5, 5.41) is 4.52. The SMILES string of the molecule is Cc1cc2nc(C)c(CCC(=O)N3CC4C5C=CC(O5)C4C3)c(C)n2n1. The maximum atomic E-state index is 12.8. The van der Waals surface area contributed by atoms with Crippen molar-refractivity contribution >= 4 is 11.6 Å². The van der Waals surface area contributed by atoms with Crippen LogP contribution in [0.25, 0.3) is 5.65 Å². The van der Waals surface area contributed by atoms with Crippen LogP contribution in [0, 0.1) is 32.6 Å². The van der Waals surface area contributed by atoms with Gasteiger partial charge in [0, 0.05) is 48.8 Å². The van der Waals surface area contributed by atoms with Gasteiger partial charge in [0.15, 0.2) is 5.65 Å². The van der Waals surface area contributed by atoms with Crippen LogP contribution < -0.4 is 0 Å². The normalized spacial score (nSPS) is 29.1. The molecule has 136 valence electrons. The molecule has 2 aromatic rings. The Kier molecular flexibility index (Phi) is 3.47. The fourth-order valence-electron chi connectivity index (χ4n) is 4.92. The second-order valence-corrected chi connectivity index (χ2v) is 7.89. The van der Waals surface area contributed by atoms with Crippen molar-refractivity contribution in [1.82, 2.24) is 19.5 Å². The Morgan fingerprint density at radius 2 is 1.88 bits per heavy atom. The Hall–Kier alpha value is -2.21. The standard InChI is InChI=1S/C20H24N4O2/c1-11-8-19-21-12(2)14(13(3)24(19)22-11)4-7-20(25)23-9-15-16(10-23)18-6-5-17(15)26-18/h5-6,8,15-18H,4,7,9-10H2,1-3H3.